The molecule has 7 heteroatoms. The van der Waals surface area contributed by atoms with Gasteiger partial charge >= 0.3 is 0 Å². The van der Waals surface area contributed by atoms with E-state index in [1.54, 1.807) is 12.4 Å². The molecule has 1 aromatic carbocycles. The molecule has 1 saturated heterocycles. The largest absolute Gasteiger partial charge is 0.342 e. The first kappa shape index (κ1) is 17.7. The van der Waals surface area contributed by atoms with Gasteiger partial charge in [-0.25, -0.2) is 0 Å². The number of benzene rings is 1. The summed E-state index contributed by atoms with van der Waals surface area (Å²) in [6.45, 7) is 1.40. The van der Waals surface area contributed by atoms with E-state index in [1.165, 1.54) is 0 Å². The lowest BCUT2D eigenvalue weighted by atomic mass is 9.95. The molecule has 138 valence electrons. The van der Waals surface area contributed by atoms with E-state index in [4.69, 9.17) is 16.1 Å². The summed E-state index contributed by atoms with van der Waals surface area (Å²) in [5.41, 5.74) is 1.79. The lowest BCUT2D eigenvalue weighted by Crippen LogP contribution is -2.39. The second-order valence-corrected chi connectivity index (χ2v) is 7.09. The first-order valence-electron chi connectivity index (χ1n) is 8.95. The highest BCUT2D eigenvalue weighted by Gasteiger charge is 2.27. The summed E-state index contributed by atoms with van der Waals surface area (Å²) in [4.78, 5) is 23.0. The van der Waals surface area contributed by atoms with Gasteiger partial charge in [-0.3, -0.25) is 9.78 Å². The molecule has 1 aliphatic heterocycles. The first-order valence-corrected chi connectivity index (χ1v) is 9.33. The van der Waals surface area contributed by atoms with E-state index in [9.17, 15) is 4.79 Å². The van der Waals surface area contributed by atoms with Gasteiger partial charge in [0, 0.05) is 36.4 Å². The maximum absolute atomic E-state index is 12.5. The van der Waals surface area contributed by atoms with Crippen molar-refractivity contribution in [3.8, 4) is 11.5 Å². The smallest absolute Gasteiger partial charge is 0.259 e. The van der Waals surface area contributed by atoms with Gasteiger partial charge in [0.2, 0.25) is 5.91 Å². The Bertz CT molecular complexity index is 903. The molecule has 0 atom stereocenters. The van der Waals surface area contributed by atoms with Gasteiger partial charge in [0.15, 0.2) is 5.82 Å². The van der Waals surface area contributed by atoms with Crippen LogP contribution in [-0.2, 0) is 11.2 Å². The van der Waals surface area contributed by atoms with E-state index in [-0.39, 0.29) is 11.8 Å². The topological polar surface area (TPSA) is 72.1 Å². The minimum Gasteiger partial charge on any atom is -0.342 e. The van der Waals surface area contributed by atoms with Crippen molar-refractivity contribution in [3.05, 3.63) is 65.2 Å². The molecule has 3 heterocycles. The van der Waals surface area contributed by atoms with Crippen molar-refractivity contribution >= 4 is 17.5 Å². The van der Waals surface area contributed by atoms with Crippen LogP contribution in [0.25, 0.3) is 11.5 Å². The number of rotatable bonds is 4. The second kappa shape index (κ2) is 7.88. The molecule has 0 unspecified atom stereocenters. The number of carbonyl (C=O) groups excluding carboxylic acids is 1. The molecule has 0 radical (unpaired) electrons. The summed E-state index contributed by atoms with van der Waals surface area (Å²) in [5, 5.41) is 4.81. The molecular formula is C20H19ClN4O2. The van der Waals surface area contributed by atoms with Gasteiger partial charge in [-0.15, -0.1) is 0 Å². The number of pyridine rings is 1. The molecule has 1 aliphatic rings. The van der Waals surface area contributed by atoms with Gasteiger partial charge < -0.3 is 9.42 Å². The number of hydrogen-bond acceptors (Lipinski definition) is 5. The second-order valence-electron chi connectivity index (χ2n) is 6.66. The standard InChI is InChI=1S/C20H19ClN4O2/c21-17-5-3-14(4-6-17)12-18(26)25-10-7-15(8-11-25)19-23-20(27-24-19)16-2-1-9-22-13-16/h1-6,9,13,15H,7-8,10-12H2. The molecule has 27 heavy (non-hydrogen) atoms. The lowest BCUT2D eigenvalue weighted by Gasteiger charge is -2.30. The molecule has 0 spiro atoms. The fraction of sp³-hybridized carbons (Fsp3) is 0.300. The number of aromatic nitrogens is 3. The Kier molecular flexibility index (Phi) is 5.16. The third kappa shape index (κ3) is 4.17. The molecule has 0 N–H and O–H groups in total. The van der Waals surface area contributed by atoms with Crippen LogP contribution in [0.3, 0.4) is 0 Å². The number of nitrogens with zero attached hydrogens (tertiary/aromatic N) is 4. The zero-order chi connectivity index (χ0) is 18.6. The highest BCUT2D eigenvalue weighted by Crippen LogP contribution is 2.28. The van der Waals surface area contributed by atoms with E-state index < -0.39 is 0 Å². The van der Waals surface area contributed by atoms with E-state index in [0.717, 1.165) is 24.0 Å². The molecule has 3 aromatic rings. The van der Waals surface area contributed by atoms with Crippen LogP contribution in [0.2, 0.25) is 5.02 Å². The van der Waals surface area contributed by atoms with Crippen LogP contribution < -0.4 is 0 Å². The van der Waals surface area contributed by atoms with Crippen molar-refractivity contribution in [2.75, 3.05) is 13.1 Å². The monoisotopic (exact) mass is 382 g/mol. The van der Waals surface area contributed by atoms with Crippen LogP contribution in [0.5, 0.6) is 0 Å². The molecule has 0 saturated carbocycles. The van der Waals surface area contributed by atoms with Crippen LogP contribution in [0, 0.1) is 0 Å². The van der Waals surface area contributed by atoms with Gasteiger partial charge in [-0.1, -0.05) is 28.9 Å². The summed E-state index contributed by atoms with van der Waals surface area (Å²) in [6.07, 6.45) is 5.47. The summed E-state index contributed by atoms with van der Waals surface area (Å²) in [7, 11) is 0. The third-order valence-electron chi connectivity index (χ3n) is 4.83. The van der Waals surface area contributed by atoms with Crippen LogP contribution in [0.1, 0.15) is 30.1 Å². The normalized spacial score (nSPS) is 15.1. The van der Waals surface area contributed by atoms with E-state index in [0.29, 0.717) is 36.2 Å². The van der Waals surface area contributed by atoms with E-state index >= 15 is 0 Å². The number of amides is 1. The van der Waals surface area contributed by atoms with E-state index in [2.05, 4.69) is 15.1 Å². The summed E-state index contributed by atoms with van der Waals surface area (Å²) >= 11 is 5.89. The molecule has 1 fully saturated rings. The van der Waals surface area contributed by atoms with Crippen LogP contribution >= 0.6 is 11.6 Å². The Morgan fingerprint density at radius 1 is 1.19 bits per heavy atom. The molecule has 0 bridgehead atoms. The van der Waals surface area contributed by atoms with Crippen LogP contribution in [0.15, 0.2) is 53.3 Å². The van der Waals surface area contributed by atoms with Gasteiger partial charge in [0.05, 0.1) is 12.0 Å². The van der Waals surface area contributed by atoms with Crippen LogP contribution in [0.4, 0.5) is 0 Å². The fourth-order valence-electron chi connectivity index (χ4n) is 3.28. The zero-order valence-corrected chi connectivity index (χ0v) is 15.5. The fourth-order valence-corrected chi connectivity index (χ4v) is 3.41. The Labute approximate surface area is 162 Å². The Balaban J connectivity index is 1.34. The van der Waals surface area contributed by atoms with Crippen molar-refractivity contribution in [3.63, 3.8) is 0 Å². The number of piperidine rings is 1. The average Bonchev–Trinajstić information content (AvgIpc) is 3.21. The molecule has 2 aromatic heterocycles. The molecular weight excluding hydrogens is 364 g/mol. The summed E-state index contributed by atoms with van der Waals surface area (Å²) < 4.78 is 5.37. The highest BCUT2D eigenvalue weighted by atomic mass is 35.5. The first-order chi connectivity index (χ1) is 13.2. The van der Waals surface area contributed by atoms with Crippen molar-refractivity contribution in [2.24, 2.45) is 0 Å². The Morgan fingerprint density at radius 2 is 1.96 bits per heavy atom. The minimum absolute atomic E-state index is 0.139. The van der Waals surface area contributed by atoms with Gasteiger partial charge in [0.1, 0.15) is 0 Å². The predicted molar refractivity (Wildman–Crippen MR) is 101 cm³/mol. The summed E-state index contributed by atoms with van der Waals surface area (Å²) in [5.74, 6) is 1.54. The number of halogens is 1. The van der Waals surface area contributed by atoms with Crippen LogP contribution in [-0.4, -0.2) is 39.0 Å². The summed E-state index contributed by atoms with van der Waals surface area (Å²) in [6, 6.07) is 11.1. The van der Waals surface area contributed by atoms with Crippen molar-refractivity contribution in [1.29, 1.82) is 0 Å². The highest BCUT2D eigenvalue weighted by molar-refractivity contribution is 6.30. The number of likely N-dealkylation sites (tertiary alicyclic amines) is 1. The van der Waals surface area contributed by atoms with Gasteiger partial charge in [0.25, 0.3) is 5.89 Å². The maximum Gasteiger partial charge on any atom is 0.259 e. The molecule has 6 nitrogen and oxygen atoms in total. The van der Waals surface area contributed by atoms with Crippen molar-refractivity contribution in [2.45, 2.75) is 25.2 Å². The quantitative estimate of drug-likeness (QED) is 0.687. The minimum atomic E-state index is 0.139. The average molecular weight is 383 g/mol. The Hall–Kier alpha value is -2.73. The number of carbonyl (C=O) groups is 1. The molecule has 0 aliphatic carbocycles. The van der Waals surface area contributed by atoms with E-state index in [1.807, 2.05) is 41.3 Å². The molecule has 1 amide bonds. The zero-order valence-electron chi connectivity index (χ0n) is 14.7. The third-order valence-corrected chi connectivity index (χ3v) is 5.08. The SMILES string of the molecule is O=C(Cc1ccc(Cl)cc1)N1CCC(c2noc(-c3cccnc3)n2)CC1. The predicted octanol–water partition coefficient (Wildman–Crippen LogP) is 3.73. The van der Waals surface area contributed by atoms with Gasteiger partial charge in [-0.05, 0) is 42.7 Å². The lowest BCUT2D eigenvalue weighted by molar-refractivity contribution is -0.131. The Morgan fingerprint density at radius 3 is 2.67 bits per heavy atom. The maximum atomic E-state index is 12.5. The van der Waals surface area contributed by atoms with Crippen molar-refractivity contribution < 1.29 is 9.32 Å². The number of hydrogen-bond donors (Lipinski definition) is 0. The molecule has 4 rings (SSSR count). The van der Waals surface area contributed by atoms with Gasteiger partial charge in [-0.2, -0.15) is 4.98 Å². The van der Waals surface area contributed by atoms with Crippen molar-refractivity contribution in [1.82, 2.24) is 20.0 Å².